The third kappa shape index (κ3) is 4.76. The zero-order valence-electron chi connectivity index (χ0n) is 18.6. The summed E-state index contributed by atoms with van der Waals surface area (Å²) in [5.41, 5.74) is 4.12. The molecule has 4 rings (SSSR count). The Kier molecular flexibility index (Phi) is 6.59. The van der Waals surface area contributed by atoms with Crippen LogP contribution in [0, 0.1) is 5.92 Å². The van der Waals surface area contributed by atoms with Crippen LogP contribution in [-0.4, -0.2) is 31.4 Å². The maximum Gasteiger partial charge on any atom is 0.229 e. The maximum atomic E-state index is 12.9. The first-order chi connectivity index (χ1) is 15.1. The van der Waals surface area contributed by atoms with Gasteiger partial charge in [0.15, 0.2) is 0 Å². The molecule has 1 N–H and O–H groups in total. The quantitative estimate of drug-likeness (QED) is 0.702. The number of anilines is 3. The Balaban J connectivity index is 1.41. The Bertz CT molecular complexity index is 919. The Hall–Kier alpha value is -2.82. The molecular weight excluding hydrogens is 386 g/mol. The number of amides is 2. The second-order valence-corrected chi connectivity index (χ2v) is 8.86. The summed E-state index contributed by atoms with van der Waals surface area (Å²) in [7, 11) is 0. The third-order valence-electron chi connectivity index (χ3n) is 6.72. The van der Waals surface area contributed by atoms with E-state index in [2.05, 4.69) is 42.3 Å². The molecule has 2 aliphatic rings. The molecule has 0 bridgehead atoms. The van der Waals surface area contributed by atoms with E-state index in [4.69, 9.17) is 0 Å². The molecule has 2 saturated heterocycles. The topological polar surface area (TPSA) is 52.7 Å². The number of piperidine rings is 1. The van der Waals surface area contributed by atoms with Gasteiger partial charge in [0.05, 0.1) is 5.92 Å². The minimum absolute atomic E-state index is 0.0244. The minimum atomic E-state index is -0.334. The average Bonchev–Trinajstić information content (AvgIpc) is 3.21. The van der Waals surface area contributed by atoms with Crippen molar-refractivity contribution in [2.24, 2.45) is 5.92 Å². The lowest BCUT2D eigenvalue weighted by Gasteiger charge is -2.28. The van der Waals surface area contributed by atoms with Crippen molar-refractivity contribution in [3.8, 4) is 0 Å². The molecule has 164 valence electrons. The molecule has 0 aromatic heterocycles. The van der Waals surface area contributed by atoms with Crippen molar-refractivity contribution < 1.29 is 9.59 Å². The number of para-hydroxylation sites is 1. The van der Waals surface area contributed by atoms with Crippen LogP contribution in [0.25, 0.3) is 0 Å². The molecule has 2 aliphatic heterocycles. The summed E-state index contributed by atoms with van der Waals surface area (Å²) in [6.07, 6.45) is 5.06. The van der Waals surface area contributed by atoms with Crippen LogP contribution >= 0.6 is 0 Å². The summed E-state index contributed by atoms with van der Waals surface area (Å²) in [4.78, 5) is 29.9. The van der Waals surface area contributed by atoms with Crippen molar-refractivity contribution >= 4 is 28.9 Å². The smallest absolute Gasteiger partial charge is 0.229 e. The molecule has 2 aromatic carbocycles. The average molecular weight is 420 g/mol. The number of carbonyl (C=O) groups is 2. The van der Waals surface area contributed by atoms with E-state index in [0.29, 0.717) is 12.5 Å². The zero-order valence-corrected chi connectivity index (χ0v) is 18.6. The van der Waals surface area contributed by atoms with Crippen LogP contribution in [0.4, 0.5) is 17.1 Å². The third-order valence-corrected chi connectivity index (χ3v) is 6.72. The van der Waals surface area contributed by atoms with Gasteiger partial charge in [0.25, 0.3) is 0 Å². The predicted octanol–water partition coefficient (Wildman–Crippen LogP) is 5.18. The van der Waals surface area contributed by atoms with Gasteiger partial charge in [0, 0.05) is 43.1 Å². The number of benzene rings is 2. The number of nitrogens with one attached hydrogen (secondary N) is 1. The van der Waals surface area contributed by atoms with Crippen molar-refractivity contribution in [2.45, 2.75) is 51.9 Å². The Morgan fingerprint density at radius 3 is 2.48 bits per heavy atom. The van der Waals surface area contributed by atoms with Gasteiger partial charge in [-0.3, -0.25) is 9.59 Å². The number of nitrogens with zero attached hydrogens (tertiary/aromatic N) is 2. The van der Waals surface area contributed by atoms with E-state index < -0.39 is 0 Å². The van der Waals surface area contributed by atoms with Gasteiger partial charge in [-0.15, -0.1) is 0 Å². The van der Waals surface area contributed by atoms with Gasteiger partial charge < -0.3 is 15.1 Å². The summed E-state index contributed by atoms with van der Waals surface area (Å²) < 4.78 is 0. The van der Waals surface area contributed by atoms with Gasteiger partial charge >= 0.3 is 0 Å². The highest BCUT2D eigenvalue weighted by Crippen LogP contribution is 2.34. The van der Waals surface area contributed by atoms with Crippen LogP contribution in [0.15, 0.2) is 48.5 Å². The largest absolute Gasteiger partial charge is 0.372 e. The molecule has 5 heteroatoms. The van der Waals surface area contributed by atoms with Crippen LogP contribution in [-0.2, 0) is 9.59 Å². The summed E-state index contributed by atoms with van der Waals surface area (Å²) in [6.45, 7) is 6.97. The number of carbonyl (C=O) groups excluding carboxylic acids is 2. The van der Waals surface area contributed by atoms with E-state index in [-0.39, 0.29) is 24.2 Å². The lowest BCUT2D eigenvalue weighted by molar-refractivity contribution is -0.122. The Morgan fingerprint density at radius 1 is 1.06 bits per heavy atom. The molecule has 5 nitrogen and oxygen atoms in total. The van der Waals surface area contributed by atoms with Crippen LogP contribution < -0.4 is 15.1 Å². The van der Waals surface area contributed by atoms with Crippen LogP contribution in [0.5, 0.6) is 0 Å². The van der Waals surface area contributed by atoms with E-state index in [1.54, 1.807) is 4.90 Å². The highest BCUT2D eigenvalue weighted by atomic mass is 16.2. The van der Waals surface area contributed by atoms with Crippen molar-refractivity contribution in [3.05, 3.63) is 54.1 Å². The van der Waals surface area contributed by atoms with Crippen LogP contribution in [0.1, 0.15) is 57.4 Å². The summed E-state index contributed by atoms with van der Waals surface area (Å²) in [5.74, 6) is -0.0199. The summed E-state index contributed by atoms with van der Waals surface area (Å²) >= 11 is 0. The second kappa shape index (κ2) is 9.54. The highest BCUT2D eigenvalue weighted by molar-refractivity contribution is 6.04. The Morgan fingerprint density at radius 2 is 1.77 bits per heavy atom. The molecule has 0 aliphatic carbocycles. The molecule has 2 fully saturated rings. The van der Waals surface area contributed by atoms with E-state index >= 15 is 0 Å². The molecule has 2 atom stereocenters. The van der Waals surface area contributed by atoms with Crippen LogP contribution in [0.2, 0.25) is 0 Å². The van der Waals surface area contributed by atoms with Gasteiger partial charge in [-0.25, -0.2) is 0 Å². The fourth-order valence-corrected chi connectivity index (χ4v) is 4.64. The van der Waals surface area contributed by atoms with Crippen molar-refractivity contribution in [3.63, 3.8) is 0 Å². The van der Waals surface area contributed by atoms with Gasteiger partial charge in [0.2, 0.25) is 11.8 Å². The summed E-state index contributed by atoms with van der Waals surface area (Å²) in [6, 6.07) is 16.2. The maximum absolute atomic E-state index is 12.9. The lowest BCUT2D eigenvalue weighted by atomic mass is 9.96. The Labute approximate surface area is 185 Å². The fraction of sp³-hybridized carbons (Fsp3) is 0.462. The first-order valence-corrected chi connectivity index (χ1v) is 11.6. The van der Waals surface area contributed by atoms with Gasteiger partial charge in [-0.2, -0.15) is 0 Å². The molecule has 0 spiro atoms. The molecule has 31 heavy (non-hydrogen) atoms. The van der Waals surface area contributed by atoms with Crippen molar-refractivity contribution in [2.75, 3.05) is 34.8 Å². The normalized spacial score (nSPS) is 20.1. The number of rotatable bonds is 6. The highest BCUT2D eigenvalue weighted by Gasteiger charge is 2.36. The fourth-order valence-electron chi connectivity index (χ4n) is 4.64. The monoisotopic (exact) mass is 419 g/mol. The second-order valence-electron chi connectivity index (χ2n) is 8.86. The zero-order chi connectivity index (χ0) is 21.8. The molecule has 2 amide bonds. The van der Waals surface area contributed by atoms with Crippen molar-refractivity contribution in [1.29, 1.82) is 0 Å². The molecular formula is C26H33N3O2. The predicted molar refractivity (Wildman–Crippen MR) is 127 cm³/mol. The van der Waals surface area contributed by atoms with E-state index in [0.717, 1.165) is 30.9 Å². The van der Waals surface area contributed by atoms with Gasteiger partial charge in [0.1, 0.15) is 0 Å². The number of hydrogen-bond donors (Lipinski definition) is 1. The number of hydrogen-bond acceptors (Lipinski definition) is 3. The van der Waals surface area contributed by atoms with Gasteiger partial charge in [-0.05, 0) is 67.5 Å². The molecule has 2 aromatic rings. The molecule has 0 saturated carbocycles. The SMILES string of the molecule is CC[C@@H](C)c1ccccc1N1C[C@H](C(=O)Nc2ccc(N3CCCCC3)cc2)CC1=O. The molecule has 2 heterocycles. The van der Waals surface area contributed by atoms with E-state index in [1.807, 2.05) is 30.3 Å². The van der Waals surface area contributed by atoms with E-state index in [1.165, 1.54) is 30.5 Å². The first-order valence-electron chi connectivity index (χ1n) is 11.6. The molecule has 0 unspecified atom stereocenters. The lowest BCUT2D eigenvalue weighted by Crippen LogP contribution is -2.29. The van der Waals surface area contributed by atoms with E-state index in [9.17, 15) is 9.59 Å². The summed E-state index contributed by atoms with van der Waals surface area (Å²) in [5, 5.41) is 3.02. The standard InChI is InChI=1S/C26H33N3O2/c1-3-19(2)23-9-5-6-10-24(23)29-18-20(17-25(29)30)26(31)27-21-11-13-22(14-12-21)28-15-7-4-8-16-28/h5-6,9-14,19-20H,3-4,7-8,15-18H2,1-2H3,(H,27,31)/t19-,20-/m1/s1. The molecule has 0 radical (unpaired) electrons. The first kappa shape index (κ1) is 21.4. The van der Waals surface area contributed by atoms with Crippen LogP contribution in [0.3, 0.4) is 0 Å². The van der Waals surface area contributed by atoms with Crippen molar-refractivity contribution in [1.82, 2.24) is 0 Å². The van der Waals surface area contributed by atoms with Gasteiger partial charge in [-0.1, -0.05) is 32.0 Å². The minimum Gasteiger partial charge on any atom is -0.372 e.